The zero-order valence-corrected chi connectivity index (χ0v) is 14.6. The smallest absolute Gasteiger partial charge is 0.143 e. The molecule has 1 aliphatic rings. The number of rotatable bonds is 0. The van der Waals surface area contributed by atoms with E-state index in [1.54, 1.807) is 0 Å². The third-order valence-electron chi connectivity index (χ3n) is 5.14. The Bertz CT molecular complexity index is 1100. The van der Waals surface area contributed by atoms with Crippen molar-refractivity contribution in [3.8, 4) is 11.1 Å². The molecule has 0 radical (unpaired) electrons. The summed E-state index contributed by atoms with van der Waals surface area (Å²) in [5.74, 6) is 0. The first-order valence-corrected chi connectivity index (χ1v) is 8.62. The average molecular weight is 363 g/mol. The van der Waals surface area contributed by atoms with Gasteiger partial charge < -0.3 is 4.42 Å². The minimum Gasteiger partial charge on any atom is -0.455 e. The maximum Gasteiger partial charge on any atom is 0.143 e. The number of furan rings is 1. The largest absolute Gasteiger partial charge is 0.455 e. The van der Waals surface area contributed by atoms with Crippen LogP contribution < -0.4 is 0 Å². The molecule has 0 fully saturated rings. The number of para-hydroxylation sites is 1. The molecule has 0 N–H and O–H groups in total. The van der Waals surface area contributed by atoms with Crippen LogP contribution in [0, 0.1) is 0 Å². The summed E-state index contributed by atoms with van der Waals surface area (Å²) < 4.78 is 7.39. The minimum absolute atomic E-state index is 0.0123. The van der Waals surface area contributed by atoms with Crippen LogP contribution in [0.25, 0.3) is 33.1 Å². The molecule has 3 aromatic carbocycles. The molecule has 0 amide bonds. The Morgan fingerprint density at radius 1 is 0.870 bits per heavy atom. The Balaban J connectivity index is 1.99. The van der Waals surface area contributed by atoms with Gasteiger partial charge in [0.1, 0.15) is 11.2 Å². The monoisotopic (exact) mass is 362 g/mol. The lowest BCUT2D eigenvalue weighted by Gasteiger charge is -2.21. The van der Waals surface area contributed by atoms with Crippen molar-refractivity contribution in [1.82, 2.24) is 0 Å². The van der Waals surface area contributed by atoms with Crippen LogP contribution in [-0.2, 0) is 5.41 Å². The standard InChI is InChI=1S/C21H15BrO/c1-21(2)16-10-9-14-13-5-3-4-6-18(13)23-20(14)19(16)15-8-7-12(22)11-17(15)21/h3-11H,1-2H3. The van der Waals surface area contributed by atoms with E-state index in [2.05, 4.69) is 72.2 Å². The van der Waals surface area contributed by atoms with Gasteiger partial charge in [-0.2, -0.15) is 0 Å². The average Bonchev–Trinajstić information content (AvgIpc) is 3.02. The van der Waals surface area contributed by atoms with Crippen molar-refractivity contribution in [3.63, 3.8) is 0 Å². The summed E-state index contributed by atoms with van der Waals surface area (Å²) >= 11 is 3.62. The van der Waals surface area contributed by atoms with E-state index in [4.69, 9.17) is 4.42 Å². The van der Waals surface area contributed by atoms with Crippen molar-refractivity contribution in [2.45, 2.75) is 19.3 Å². The van der Waals surface area contributed by atoms with Crippen LogP contribution >= 0.6 is 15.9 Å². The second kappa shape index (κ2) is 4.27. The first kappa shape index (κ1) is 13.4. The fourth-order valence-electron chi connectivity index (χ4n) is 3.97. The van der Waals surface area contributed by atoms with Gasteiger partial charge in [-0.15, -0.1) is 0 Å². The SMILES string of the molecule is CC1(C)c2cc(Br)ccc2-c2c1ccc1c2oc2ccccc21. The molecular formula is C21H15BrO. The Morgan fingerprint density at radius 3 is 2.57 bits per heavy atom. The number of benzene rings is 3. The summed E-state index contributed by atoms with van der Waals surface area (Å²) in [6.45, 7) is 4.58. The van der Waals surface area contributed by atoms with E-state index in [0.29, 0.717) is 0 Å². The molecule has 5 rings (SSSR count). The van der Waals surface area contributed by atoms with E-state index in [1.165, 1.54) is 33.0 Å². The van der Waals surface area contributed by atoms with Gasteiger partial charge in [0.15, 0.2) is 0 Å². The summed E-state index contributed by atoms with van der Waals surface area (Å²) in [5, 5.41) is 2.39. The first-order valence-electron chi connectivity index (χ1n) is 7.82. The third-order valence-corrected chi connectivity index (χ3v) is 5.64. The Hall–Kier alpha value is -2.06. The molecule has 1 nitrogen and oxygen atoms in total. The molecule has 1 heterocycles. The molecule has 23 heavy (non-hydrogen) atoms. The summed E-state index contributed by atoms with van der Waals surface area (Å²) in [6.07, 6.45) is 0. The molecule has 0 spiro atoms. The quantitative estimate of drug-likeness (QED) is 0.341. The van der Waals surface area contributed by atoms with Gasteiger partial charge in [-0.05, 0) is 34.9 Å². The second-order valence-corrected chi connectivity index (χ2v) is 7.69. The van der Waals surface area contributed by atoms with E-state index < -0.39 is 0 Å². The number of hydrogen-bond donors (Lipinski definition) is 0. The van der Waals surface area contributed by atoms with Gasteiger partial charge in [0.05, 0.1) is 0 Å². The molecular weight excluding hydrogens is 348 g/mol. The van der Waals surface area contributed by atoms with E-state index in [0.717, 1.165) is 15.6 Å². The lowest BCUT2D eigenvalue weighted by molar-refractivity contribution is 0.653. The molecule has 0 saturated heterocycles. The van der Waals surface area contributed by atoms with Crippen LogP contribution in [0.1, 0.15) is 25.0 Å². The maximum atomic E-state index is 6.26. The molecule has 0 aliphatic heterocycles. The highest BCUT2D eigenvalue weighted by Gasteiger charge is 2.37. The van der Waals surface area contributed by atoms with Crippen LogP contribution in [0.2, 0.25) is 0 Å². The van der Waals surface area contributed by atoms with E-state index >= 15 is 0 Å². The lowest BCUT2D eigenvalue weighted by Crippen LogP contribution is -2.14. The Kier molecular flexibility index (Phi) is 2.48. The van der Waals surface area contributed by atoms with Crippen LogP contribution in [-0.4, -0.2) is 0 Å². The zero-order valence-electron chi connectivity index (χ0n) is 13.0. The van der Waals surface area contributed by atoms with Gasteiger partial charge in [0.2, 0.25) is 0 Å². The molecule has 1 aliphatic carbocycles. The lowest BCUT2D eigenvalue weighted by atomic mass is 9.82. The van der Waals surface area contributed by atoms with Gasteiger partial charge in [-0.25, -0.2) is 0 Å². The van der Waals surface area contributed by atoms with Gasteiger partial charge in [-0.1, -0.05) is 66.2 Å². The van der Waals surface area contributed by atoms with Crippen molar-refractivity contribution in [2.75, 3.05) is 0 Å². The zero-order chi connectivity index (χ0) is 15.8. The van der Waals surface area contributed by atoms with E-state index in [1.807, 2.05) is 12.1 Å². The van der Waals surface area contributed by atoms with E-state index in [-0.39, 0.29) is 5.41 Å². The molecule has 1 aromatic heterocycles. The van der Waals surface area contributed by atoms with Crippen LogP contribution in [0.4, 0.5) is 0 Å². The highest BCUT2D eigenvalue weighted by Crippen LogP contribution is 2.52. The molecule has 0 bridgehead atoms. The summed E-state index contributed by atoms with van der Waals surface area (Å²) in [5.41, 5.74) is 7.20. The second-order valence-electron chi connectivity index (χ2n) is 6.78. The van der Waals surface area contributed by atoms with Crippen LogP contribution in [0.15, 0.2) is 63.5 Å². The van der Waals surface area contributed by atoms with Crippen molar-refractivity contribution in [1.29, 1.82) is 0 Å². The number of halogens is 1. The summed E-state index contributed by atoms with van der Waals surface area (Å²) in [7, 11) is 0. The van der Waals surface area contributed by atoms with Crippen LogP contribution in [0.3, 0.4) is 0 Å². The van der Waals surface area contributed by atoms with Gasteiger partial charge in [0.25, 0.3) is 0 Å². The highest BCUT2D eigenvalue weighted by atomic mass is 79.9. The van der Waals surface area contributed by atoms with Crippen LogP contribution in [0.5, 0.6) is 0 Å². The molecule has 0 saturated carbocycles. The van der Waals surface area contributed by atoms with Gasteiger partial charge in [-0.3, -0.25) is 0 Å². The van der Waals surface area contributed by atoms with Crippen molar-refractivity contribution >= 4 is 37.9 Å². The maximum absolute atomic E-state index is 6.26. The topological polar surface area (TPSA) is 13.1 Å². The normalized spacial score (nSPS) is 15.1. The summed E-state index contributed by atoms with van der Waals surface area (Å²) in [4.78, 5) is 0. The summed E-state index contributed by atoms with van der Waals surface area (Å²) in [6, 6.07) is 19.3. The predicted molar refractivity (Wildman–Crippen MR) is 99.0 cm³/mol. The molecule has 4 aromatic rings. The van der Waals surface area contributed by atoms with E-state index in [9.17, 15) is 0 Å². The van der Waals surface area contributed by atoms with Gasteiger partial charge in [0, 0.05) is 26.2 Å². The molecule has 0 unspecified atom stereocenters. The number of hydrogen-bond acceptors (Lipinski definition) is 1. The fraction of sp³-hybridized carbons (Fsp3) is 0.143. The van der Waals surface area contributed by atoms with Crippen molar-refractivity contribution in [2.24, 2.45) is 0 Å². The minimum atomic E-state index is -0.0123. The Morgan fingerprint density at radius 2 is 1.70 bits per heavy atom. The highest BCUT2D eigenvalue weighted by molar-refractivity contribution is 9.10. The Labute approximate surface area is 143 Å². The van der Waals surface area contributed by atoms with Crippen molar-refractivity contribution in [3.05, 3.63) is 70.2 Å². The van der Waals surface area contributed by atoms with Crippen molar-refractivity contribution < 1.29 is 4.42 Å². The molecule has 0 atom stereocenters. The molecule has 2 heteroatoms. The molecule has 112 valence electrons. The number of fused-ring (bicyclic) bond motifs is 7. The first-order chi connectivity index (χ1) is 11.1. The fourth-order valence-corrected chi connectivity index (χ4v) is 4.33. The van der Waals surface area contributed by atoms with Gasteiger partial charge >= 0.3 is 0 Å². The predicted octanol–water partition coefficient (Wildman–Crippen LogP) is 6.65. The third kappa shape index (κ3) is 1.62.